The molecule has 1 aliphatic heterocycles. The van der Waals surface area contributed by atoms with E-state index in [1.54, 1.807) is 17.0 Å². The minimum atomic E-state index is -0.838. The Labute approximate surface area is 148 Å². The van der Waals surface area contributed by atoms with Crippen LogP contribution in [0.15, 0.2) is 24.3 Å². The Balaban J connectivity index is 2.02. The summed E-state index contributed by atoms with van der Waals surface area (Å²) in [6, 6.07) is 6.02. The first-order chi connectivity index (χ1) is 12.0. The van der Waals surface area contributed by atoms with E-state index >= 15 is 0 Å². The summed E-state index contributed by atoms with van der Waals surface area (Å²) in [6.07, 6.45) is 1.99. The van der Waals surface area contributed by atoms with Crippen LogP contribution in [0, 0.1) is 11.2 Å². The highest BCUT2D eigenvalue weighted by molar-refractivity contribution is 5.77. The molecule has 0 aromatic heterocycles. The number of nitrogens with zero attached hydrogens (tertiary/aromatic N) is 1. The van der Waals surface area contributed by atoms with Gasteiger partial charge < -0.3 is 19.8 Å². The van der Waals surface area contributed by atoms with Gasteiger partial charge in [0.25, 0.3) is 0 Å². The molecule has 1 saturated heterocycles. The molecular formula is C19H28FNO4. The Kier molecular flexibility index (Phi) is 7.35. The van der Waals surface area contributed by atoms with Gasteiger partial charge in [0, 0.05) is 25.1 Å². The van der Waals surface area contributed by atoms with E-state index in [9.17, 15) is 19.4 Å². The van der Waals surface area contributed by atoms with Crippen LogP contribution in [-0.2, 0) is 16.0 Å². The third kappa shape index (κ3) is 5.23. The van der Waals surface area contributed by atoms with Gasteiger partial charge in [-0.2, -0.15) is 0 Å². The van der Waals surface area contributed by atoms with Crippen molar-refractivity contribution in [3.8, 4) is 0 Å². The number of rotatable bonds is 8. The molecule has 140 valence electrons. The number of aliphatic hydroxyl groups excluding tert-OH is 2. The van der Waals surface area contributed by atoms with E-state index in [1.807, 2.05) is 0 Å². The van der Waals surface area contributed by atoms with E-state index in [4.69, 9.17) is 4.74 Å². The van der Waals surface area contributed by atoms with E-state index in [2.05, 4.69) is 6.92 Å². The van der Waals surface area contributed by atoms with Crippen molar-refractivity contribution in [3.05, 3.63) is 35.6 Å². The van der Waals surface area contributed by atoms with Gasteiger partial charge in [-0.25, -0.2) is 4.39 Å². The third-order valence-electron chi connectivity index (χ3n) is 4.89. The minimum absolute atomic E-state index is 0.0220. The molecule has 1 aliphatic rings. The summed E-state index contributed by atoms with van der Waals surface area (Å²) in [5.41, 5.74) is -0.0159. The number of hydrogen-bond donors (Lipinski definition) is 2. The molecule has 1 aromatic rings. The number of halogens is 1. The Bertz CT molecular complexity index is 551. The van der Waals surface area contributed by atoms with Crippen LogP contribution in [0.5, 0.6) is 0 Å². The number of benzene rings is 1. The Morgan fingerprint density at radius 1 is 1.40 bits per heavy atom. The fourth-order valence-electron chi connectivity index (χ4n) is 3.25. The van der Waals surface area contributed by atoms with Crippen LogP contribution in [0.3, 0.4) is 0 Å². The fraction of sp³-hybridized carbons (Fsp3) is 0.632. The molecule has 1 fully saturated rings. The number of piperidine rings is 1. The average molecular weight is 353 g/mol. The van der Waals surface area contributed by atoms with Gasteiger partial charge in [0.15, 0.2) is 0 Å². The summed E-state index contributed by atoms with van der Waals surface area (Å²) in [6.45, 7) is 3.10. The fourth-order valence-corrected chi connectivity index (χ4v) is 3.25. The van der Waals surface area contributed by atoms with Crippen LogP contribution in [-0.4, -0.2) is 60.0 Å². The van der Waals surface area contributed by atoms with Crippen molar-refractivity contribution in [2.45, 2.75) is 38.7 Å². The van der Waals surface area contributed by atoms with Crippen LogP contribution in [0.2, 0.25) is 0 Å². The molecule has 0 radical (unpaired) electrons. The summed E-state index contributed by atoms with van der Waals surface area (Å²) in [4.78, 5) is 14.0. The van der Waals surface area contributed by atoms with Gasteiger partial charge in [0.2, 0.25) is 5.91 Å². The Morgan fingerprint density at radius 3 is 2.76 bits per heavy atom. The molecule has 0 bridgehead atoms. The monoisotopic (exact) mass is 353 g/mol. The predicted octanol–water partition coefficient (Wildman–Crippen LogP) is 1.76. The van der Waals surface area contributed by atoms with Crippen molar-refractivity contribution in [1.82, 2.24) is 4.90 Å². The normalized spacial score (nSPS) is 23.7. The lowest BCUT2D eigenvalue weighted by Crippen LogP contribution is -2.56. The number of unbranched alkanes of at least 4 members (excludes halogenated alkanes) is 1. The van der Waals surface area contributed by atoms with E-state index in [1.165, 1.54) is 12.1 Å². The summed E-state index contributed by atoms with van der Waals surface area (Å²) in [7, 11) is 0. The molecule has 5 nitrogen and oxygen atoms in total. The quantitative estimate of drug-likeness (QED) is 0.699. The summed E-state index contributed by atoms with van der Waals surface area (Å²) < 4.78 is 18.5. The second kappa shape index (κ2) is 9.27. The summed E-state index contributed by atoms with van der Waals surface area (Å²) >= 11 is 0. The lowest BCUT2D eigenvalue weighted by atomic mass is 9.73. The van der Waals surface area contributed by atoms with E-state index in [0.717, 1.165) is 18.4 Å². The highest BCUT2D eigenvalue weighted by Crippen LogP contribution is 2.34. The molecule has 25 heavy (non-hydrogen) atoms. The third-order valence-corrected chi connectivity index (χ3v) is 4.89. The lowest BCUT2D eigenvalue weighted by molar-refractivity contribution is -0.146. The van der Waals surface area contributed by atoms with Crippen molar-refractivity contribution in [3.63, 3.8) is 0 Å². The summed E-state index contributed by atoms with van der Waals surface area (Å²) in [5.74, 6) is -0.452. The van der Waals surface area contributed by atoms with Crippen LogP contribution >= 0.6 is 0 Å². The number of aliphatic hydroxyl groups is 2. The zero-order valence-electron chi connectivity index (χ0n) is 14.8. The van der Waals surface area contributed by atoms with Crippen molar-refractivity contribution in [2.75, 3.05) is 32.9 Å². The second-order valence-corrected chi connectivity index (χ2v) is 6.85. The van der Waals surface area contributed by atoms with E-state index in [-0.39, 0.29) is 31.5 Å². The smallest absolute Gasteiger partial charge is 0.248 e. The van der Waals surface area contributed by atoms with Gasteiger partial charge in [-0.15, -0.1) is 0 Å². The first-order valence-corrected chi connectivity index (χ1v) is 8.89. The number of carbonyl (C=O) groups excluding carboxylic acids is 1. The molecule has 2 N–H and O–H groups in total. The molecule has 6 heteroatoms. The number of ether oxygens (including phenoxy) is 1. The topological polar surface area (TPSA) is 70.0 Å². The van der Waals surface area contributed by atoms with Gasteiger partial charge in [0.1, 0.15) is 12.4 Å². The molecule has 2 rings (SSSR count). The first kappa shape index (κ1) is 19.8. The molecule has 1 aromatic carbocycles. The lowest BCUT2D eigenvalue weighted by Gasteiger charge is -2.45. The molecule has 0 spiro atoms. The minimum Gasteiger partial charge on any atom is -0.396 e. The molecule has 1 heterocycles. The average Bonchev–Trinajstić information content (AvgIpc) is 2.62. The van der Waals surface area contributed by atoms with Crippen LogP contribution in [0.25, 0.3) is 0 Å². The first-order valence-electron chi connectivity index (χ1n) is 8.89. The van der Waals surface area contributed by atoms with Crippen molar-refractivity contribution in [2.24, 2.45) is 5.41 Å². The molecule has 2 atom stereocenters. The number of likely N-dealkylation sites (tertiary alicyclic amines) is 1. The molecular weight excluding hydrogens is 325 g/mol. The highest BCUT2D eigenvalue weighted by atomic mass is 19.1. The maximum atomic E-state index is 13.1. The molecule has 0 unspecified atom stereocenters. The molecule has 0 aliphatic carbocycles. The Hall–Kier alpha value is -1.50. The Morgan fingerprint density at radius 2 is 2.12 bits per heavy atom. The van der Waals surface area contributed by atoms with Crippen LogP contribution < -0.4 is 0 Å². The van der Waals surface area contributed by atoms with Crippen molar-refractivity contribution < 1.29 is 24.1 Å². The SMILES string of the molecule is CCCCOCC(=O)N1CC[C@H](O)[C@@](CO)(Cc2ccc(F)cc2)C1. The van der Waals surface area contributed by atoms with Gasteiger partial charge in [-0.05, 0) is 37.0 Å². The standard InChI is InChI=1S/C19H28FNO4/c1-2-3-10-25-12-18(24)21-9-8-17(23)19(13-21,14-22)11-15-4-6-16(20)7-5-15/h4-7,17,22-23H,2-3,8-14H2,1H3/t17-,19-/m0/s1. The number of hydrogen-bond acceptors (Lipinski definition) is 4. The van der Waals surface area contributed by atoms with Gasteiger partial charge in [-0.1, -0.05) is 25.5 Å². The maximum absolute atomic E-state index is 13.1. The molecule has 1 amide bonds. The van der Waals surface area contributed by atoms with Gasteiger partial charge in [-0.3, -0.25) is 4.79 Å². The zero-order valence-corrected chi connectivity index (χ0v) is 14.8. The van der Waals surface area contributed by atoms with Gasteiger partial charge >= 0.3 is 0 Å². The van der Waals surface area contributed by atoms with Crippen LogP contribution in [0.4, 0.5) is 4.39 Å². The molecule has 0 saturated carbocycles. The second-order valence-electron chi connectivity index (χ2n) is 6.85. The maximum Gasteiger partial charge on any atom is 0.248 e. The van der Waals surface area contributed by atoms with Crippen molar-refractivity contribution >= 4 is 5.91 Å². The van der Waals surface area contributed by atoms with Crippen molar-refractivity contribution in [1.29, 1.82) is 0 Å². The highest BCUT2D eigenvalue weighted by Gasteiger charge is 2.43. The van der Waals surface area contributed by atoms with Crippen LogP contribution in [0.1, 0.15) is 31.7 Å². The van der Waals surface area contributed by atoms with E-state index in [0.29, 0.717) is 26.0 Å². The van der Waals surface area contributed by atoms with Gasteiger partial charge in [0.05, 0.1) is 12.7 Å². The number of amides is 1. The summed E-state index contributed by atoms with van der Waals surface area (Å²) in [5, 5.41) is 20.4. The number of carbonyl (C=O) groups is 1. The van der Waals surface area contributed by atoms with E-state index < -0.39 is 11.5 Å². The zero-order chi connectivity index (χ0) is 18.3. The largest absolute Gasteiger partial charge is 0.396 e. The predicted molar refractivity (Wildman–Crippen MR) is 92.6 cm³/mol.